The molecule has 1 saturated heterocycles. The molecule has 1 aliphatic carbocycles. The third-order valence-corrected chi connectivity index (χ3v) is 3.30. The summed E-state index contributed by atoms with van der Waals surface area (Å²) >= 11 is 0. The molecule has 2 nitrogen and oxygen atoms in total. The number of nitrogens with zero attached hydrogens (tertiary/aromatic N) is 1. The van der Waals surface area contributed by atoms with Gasteiger partial charge in [-0.2, -0.15) is 0 Å². The van der Waals surface area contributed by atoms with E-state index in [1.165, 1.54) is 13.0 Å². The van der Waals surface area contributed by atoms with E-state index in [-0.39, 0.29) is 0 Å². The molecule has 13 heavy (non-hydrogen) atoms. The molecule has 2 rings (SSSR count). The fourth-order valence-corrected chi connectivity index (χ4v) is 2.56. The van der Waals surface area contributed by atoms with Gasteiger partial charge in [0.1, 0.15) is 0 Å². The number of likely N-dealkylation sites (N-methyl/N-ethyl adjacent to an activating group) is 1. The molecule has 4 atom stereocenters. The predicted octanol–water partition coefficient (Wildman–Crippen LogP) is 2.00. The molecule has 0 radical (unpaired) electrons. The van der Waals surface area contributed by atoms with Crippen LogP contribution in [0.4, 0.5) is 0 Å². The van der Waals surface area contributed by atoms with Crippen LogP contribution < -0.4 is 0 Å². The van der Waals surface area contributed by atoms with E-state index in [0.29, 0.717) is 12.1 Å². The van der Waals surface area contributed by atoms with Crippen LogP contribution in [0.15, 0.2) is 0 Å². The molecule has 2 fully saturated rings. The van der Waals surface area contributed by atoms with Gasteiger partial charge in [-0.1, -0.05) is 13.8 Å². The maximum atomic E-state index is 5.36. The maximum Gasteiger partial charge on any atom is 0.0701 e. The summed E-state index contributed by atoms with van der Waals surface area (Å²) in [5.41, 5.74) is 0. The minimum atomic E-state index is 0.414. The Morgan fingerprint density at radius 2 is 2.00 bits per heavy atom. The van der Waals surface area contributed by atoms with Crippen molar-refractivity contribution in [2.24, 2.45) is 11.8 Å². The Bertz CT molecular complexity index is 158. The summed E-state index contributed by atoms with van der Waals surface area (Å²) in [5.74, 6) is 1.96. The Hall–Kier alpha value is -0.0800. The van der Waals surface area contributed by atoms with Gasteiger partial charge in [0, 0.05) is 19.7 Å². The third kappa shape index (κ3) is 2.05. The van der Waals surface area contributed by atoms with Crippen molar-refractivity contribution in [1.29, 1.82) is 0 Å². The smallest absolute Gasteiger partial charge is 0.0701 e. The monoisotopic (exact) mass is 185 g/mol. The fraction of sp³-hybridized carbons (Fsp3) is 1.00. The Kier molecular flexibility index (Phi) is 3.74. The number of hydrogen-bond donors (Lipinski definition) is 0. The number of fused-ring (bicyclic) bond motifs is 1. The van der Waals surface area contributed by atoms with E-state index < -0.39 is 0 Å². The number of rotatable bonds is 2. The van der Waals surface area contributed by atoms with E-state index in [4.69, 9.17) is 4.74 Å². The van der Waals surface area contributed by atoms with Gasteiger partial charge in [-0.3, -0.25) is 0 Å². The first-order valence-electron chi connectivity index (χ1n) is 5.47. The van der Waals surface area contributed by atoms with E-state index >= 15 is 0 Å². The first-order chi connectivity index (χ1) is 6.24. The maximum absolute atomic E-state index is 5.36. The van der Waals surface area contributed by atoms with Crippen LogP contribution in [0, 0.1) is 11.8 Å². The van der Waals surface area contributed by atoms with Gasteiger partial charge in [0.2, 0.25) is 0 Å². The van der Waals surface area contributed by atoms with Crippen LogP contribution in [0.2, 0.25) is 0 Å². The highest BCUT2D eigenvalue weighted by molar-refractivity contribution is 5.05. The quantitative estimate of drug-likeness (QED) is 0.652. The van der Waals surface area contributed by atoms with Crippen molar-refractivity contribution in [2.75, 3.05) is 20.7 Å². The standard InChI is InChI=1S/C9H17NO.C2H6/c1-6(11-3)9-8-4-7(8)5-10(9)2;1-2/h6-9H,4-5H2,1-3H3;1-2H3/t6-,7-,8-,9+;/m0./s1. The van der Waals surface area contributed by atoms with Gasteiger partial charge in [-0.15, -0.1) is 0 Å². The van der Waals surface area contributed by atoms with Crippen LogP contribution in [-0.2, 0) is 4.74 Å². The highest BCUT2D eigenvalue weighted by atomic mass is 16.5. The van der Waals surface area contributed by atoms with E-state index in [0.717, 1.165) is 11.8 Å². The number of hydrogen-bond acceptors (Lipinski definition) is 2. The van der Waals surface area contributed by atoms with Gasteiger partial charge in [0.25, 0.3) is 0 Å². The second-order valence-electron chi connectivity index (χ2n) is 4.03. The zero-order chi connectivity index (χ0) is 10.0. The lowest BCUT2D eigenvalue weighted by atomic mass is 10.1. The number of likely N-dealkylation sites (tertiary alicyclic amines) is 1. The van der Waals surface area contributed by atoms with Crippen molar-refractivity contribution in [2.45, 2.75) is 39.3 Å². The molecule has 0 aromatic carbocycles. The molecule has 2 aliphatic rings. The highest BCUT2D eigenvalue weighted by Gasteiger charge is 2.52. The molecule has 0 amide bonds. The van der Waals surface area contributed by atoms with Gasteiger partial charge >= 0.3 is 0 Å². The molecule has 0 aromatic heterocycles. The van der Waals surface area contributed by atoms with Crippen molar-refractivity contribution in [3.63, 3.8) is 0 Å². The van der Waals surface area contributed by atoms with Crippen LogP contribution in [0.1, 0.15) is 27.2 Å². The molecular weight excluding hydrogens is 162 g/mol. The van der Waals surface area contributed by atoms with Gasteiger partial charge < -0.3 is 9.64 Å². The zero-order valence-electron chi connectivity index (χ0n) is 9.58. The second kappa shape index (κ2) is 4.43. The van der Waals surface area contributed by atoms with Gasteiger partial charge in [0.15, 0.2) is 0 Å². The summed E-state index contributed by atoms with van der Waals surface area (Å²) in [5, 5.41) is 0. The summed E-state index contributed by atoms with van der Waals surface area (Å²) < 4.78 is 5.36. The summed E-state index contributed by atoms with van der Waals surface area (Å²) in [7, 11) is 4.03. The van der Waals surface area contributed by atoms with Crippen LogP contribution in [0.5, 0.6) is 0 Å². The zero-order valence-corrected chi connectivity index (χ0v) is 9.58. The Morgan fingerprint density at radius 3 is 2.38 bits per heavy atom. The third-order valence-electron chi connectivity index (χ3n) is 3.30. The highest BCUT2D eigenvalue weighted by Crippen LogP contribution is 2.50. The predicted molar refractivity (Wildman–Crippen MR) is 55.8 cm³/mol. The Balaban J connectivity index is 0.000000396. The van der Waals surface area contributed by atoms with Crippen molar-refractivity contribution in [1.82, 2.24) is 4.90 Å². The minimum Gasteiger partial charge on any atom is -0.380 e. The molecule has 78 valence electrons. The SMILES string of the molecule is CC.CO[C@@H](C)[C@@H]1[C@H]2C[C@H]2CN1C. The number of methoxy groups -OCH3 is 1. The van der Waals surface area contributed by atoms with Crippen LogP contribution in [-0.4, -0.2) is 37.7 Å². The van der Waals surface area contributed by atoms with E-state index in [1.807, 2.05) is 21.0 Å². The lowest BCUT2D eigenvalue weighted by Crippen LogP contribution is -2.38. The summed E-state index contributed by atoms with van der Waals surface area (Å²) in [4.78, 5) is 2.45. The molecular formula is C11H23NO. The lowest BCUT2D eigenvalue weighted by Gasteiger charge is -2.27. The Labute approximate surface area is 82.3 Å². The first-order valence-corrected chi connectivity index (χ1v) is 5.47. The van der Waals surface area contributed by atoms with Crippen molar-refractivity contribution >= 4 is 0 Å². The molecule has 0 aromatic rings. The van der Waals surface area contributed by atoms with E-state index in [9.17, 15) is 0 Å². The van der Waals surface area contributed by atoms with Crippen LogP contribution in [0.3, 0.4) is 0 Å². The van der Waals surface area contributed by atoms with Crippen molar-refractivity contribution in [3.05, 3.63) is 0 Å². The summed E-state index contributed by atoms with van der Waals surface area (Å²) in [6.07, 6.45) is 1.86. The molecule has 0 bridgehead atoms. The fourth-order valence-electron chi connectivity index (χ4n) is 2.56. The van der Waals surface area contributed by atoms with Crippen molar-refractivity contribution < 1.29 is 4.74 Å². The number of piperidine rings is 1. The van der Waals surface area contributed by atoms with E-state index in [2.05, 4.69) is 18.9 Å². The van der Waals surface area contributed by atoms with Crippen LogP contribution in [0.25, 0.3) is 0 Å². The van der Waals surface area contributed by atoms with Gasteiger partial charge in [-0.05, 0) is 32.2 Å². The molecule has 1 heterocycles. The minimum absolute atomic E-state index is 0.414. The molecule has 1 aliphatic heterocycles. The summed E-state index contributed by atoms with van der Waals surface area (Å²) in [6, 6.07) is 0.699. The topological polar surface area (TPSA) is 12.5 Å². The largest absolute Gasteiger partial charge is 0.380 e. The average molecular weight is 185 g/mol. The van der Waals surface area contributed by atoms with Gasteiger partial charge in [0.05, 0.1) is 6.10 Å². The first kappa shape index (κ1) is 11.0. The molecule has 1 saturated carbocycles. The van der Waals surface area contributed by atoms with Gasteiger partial charge in [-0.25, -0.2) is 0 Å². The lowest BCUT2D eigenvalue weighted by molar-refractivity contribution is 0.0415. The average Bonchev–Trinajstić information content (AvgIpc) is 2.81. The molecule has 0 N–H and O–H groups in total. The van der Waals surface area contributed by atoms with Crippen LogP contribution >= 0.6 is 0 Å². The molecule has 2 heteroatoms. The normalized spacial score (nSPS) is 39.0. The second-order valence-corrected chi connectivity index (χ2v) is 4.03. The summed E-state index contributed by atoms with van der Waals surface area (Å²) in [6.45, 7) is 7.48. The van der Waals surface area contributed by atoms with Crippen molar-refractivity contribution in [3.8, 4) is 0 Å². The number of ether oxygens (including phenoxy) is 1. The van der Waals surface area contributed by atoms with E-state index in [1.54, 1.807) is 0 Å². The molecule has 0 spiro atoms. The molecule has 0 unspecified atom stereocenters. The Morgan fingerprint density at radius 1 is 1.38 bits per heavy atom.